The zero-order valence-electron chi connectivity index (χ0n) is 18.1. The molecule has 0 bridgehead atoms. The monoisotopic (exact) mass is 478 g/mol. The first-order valence-corrected chi connectivity index (χ1v) is 14.1. The van der Waals surface area contributed by atoms with E-state index in [-0.39, 0.29) is 16.6 Å². The van der Waals surface area contributed by atoms with Crippen molar-refractivity contribution >= 4 is 35.6 Å². The van der Waals surface area contributed by atoms with Crippen LogP contribution in [0.15, 0.2) is 21.5 Å². The maximum absolute atomic E-state index is 12.7. The molecule has 0 radical (unpaired) electrons. The van der Waals surface area contributed by atoms with Gasteiger partial charge in [-0.3, -0.25) is 4.79 Å². The molecule has 0 spiro atoms. The summed E-state index contributed by atoms with van der Waals surface area (Å²) in [6.07, 6.45) is 2.39. The van der Waals surface area contributed by atoms with Crippen LogP contribution in [0.5, 0.6) is 0 Å². The van der Waals surface area contributed by atoms with Gasteiger partial charge in [0.05, 0.1) is 6.04 Å². The predicted octanol–water partition coefficient (Wildman–Crippen LogP) is 4.65. The Labute approximate surface area is 176 Å². The summed E-state index contributed by atoms with van der Waals surface area (Å²) in [5.74, 6) is 0. The molecule has 0 amide bonds. The number of hydrogen-bond acceptors (Lipinski definition) is 4. The van der Waals surface area contributed by atoms with Gasteiger partial charge in [-0.1, -0.05) is 20.8 Å². The van der Waals surface area contributed by atoms with Gasteiger partial charge in [0.25, 0.3) is 5.56 Å². The number of rotatable bonds is 7. The first-order valence-electron chi connectivity index (χ1n) is 9.24. The molecule has 5 nitrogen and oxygen atoms in total. The Morgan fingerprint density at radius 3 is 2.33 bits per heavy atom. The first kappa shape index (κ1) is 24.9. The second-order valence-corrected chi connectivity index (χ2v) is 17.1. The van der Waals surface area contributed by atoms with Gasteiger partial charge in [0.15, 0.2) is 8.32 Å². The minimum absolute atomic E-state index is 0.0909. The molecule has 1 N–H and O–H groups in total. The topological polar surface area (TPSA) is 66.3 Å². The molecule has 0 aliphatic heterocycles. The molecule has 0 aliphatic carbocycles. The van der Waals surface area contributed by atoms with Crippen molar-refractivity contribution in [1.29, 1.82) is 0 Å². The molecule has 1 unspecified atom stereocenters. The Hall–Kier alpha value is -0.123. The molecule has 1 rings (SSSR count). The van der Waals surface area contributed by atoms with E-state index in [1.54, 1.807) is 19.3 Å². The van der Waals surface area contributed by atoms with Gasteiger partial charge in [-0.05, 0) is 66.8 Å². The lowest BCUT2D eigenvalue weighted by Gasteiger charge is -2.36. The molecule has 2 atom stereocenters. The van der Waals surface area contributed by atoms with Gasteiger partial charge in [-0.15, -0.1) is 4.72 Å². The second-order valence-electron chi connectivity index (χ2n) is 9.47. The summed E-state index contributed by atoms with van der Waals surface area (Å²) in [5, 5.41) is 0.132. The van der Waals surface area contributed by atoms with E-state index in [1.807, 2.05) is 20.8 Å². The molecular formula is C19H35BrN2O3SSi. The number of pyridine rings is 1. The third kappa shape index (κ3) is 7.01. The standard InChI is InChI=1S/C19H35BrN2O3SSi/c1-18(2,3)26(24)21-16(10-11-25-27(8,9)19(4,5)6)14-12-17(23)22(7)13-15(14)20/h12-13,16,21H,10-11H2,1-9H3/t16?,26-/m0/s1. The van der Waals surface area contributed by atoms with Crippen molar-refractivity contribution in [3.8, 4) is 0 Å². The van der Waals surface area contributed by atoms with Crippen LogP contribution >= 0.6 is 15.9 Å². The van der Waals surface area contributed by atoms with Gasteiger partial charge in [0, 0.05) is 41.8 Å². The third-order valence-corrected chi connectivity index (χ3v) is 11.9. The molecule has 0 saturated carbocycles. The number of hydrogen-bond donors (Lipinski definition) is 1. The summed E-state index contributed by atoms with van der Waals surface area (Å²) in [6, 6.07) is 1.37. The predicted molar refractivity (Wildman–Crippen MR) is 121 cm³/mol. The maximum Gasteiger partial charge on any atom is 0.250 e. The molecule has 0 aliphatic rings. The lowest BCUT2D eigenvalue weighted by atomic mass is 10.1. The molecule has 0 aromatic carbocycles. The largest absolute Gasteiger partial charge is 0.598 e. The van der Waals surface area contributed by atoms with E-state index in [2.05, 4.69) is 54.5 Å². The van der Waals surface area contributed by atoms with Gasteiger partial charge in [0.2, 0.25) is 0 Å². The van der Waals surface area contributed by atoms with Crippen molar-refractivity contribution in [2.75, 3.05) is 6.61 Å². The SMILES string of the molecule is Cn1cc(Br)c(C(CCO[Si](C)(C)C(C)(C)C)N[S@@+]([O-])C(C)(C)C)cc1=O. The van der Waals surface area contributed by atoms with E-state index in [4.69, 9.17) is 4.43 Å². The van der Waals surface area contributed by atoms with E-state index in [9.17, 15) is 9.35 Å². The summed E-state index contributed by atoms with van der Waals surface area (Å²) in [4.78, 5) is 12.2. The second kappa shape index (κ2) is 9.13. The van der Waals surface area contributed by atoms with Crippen LogP contribution in [-0.2, 0) is 22.8 Å². The van der Waals surface area contributed by atoms with Crippen LogP contribution in [-0.4, -0.2) is 28.8 Å². The van der Waals surface area contributed by atoms with E-state index < -0.39 is 24.4 Å². The van der Waals surface area contributed by atoms with Gasteiger partial charge >= 0.3 is 0 Å². The van der Waals surface area contributed by atoms with Crippen molar-refractivity contribution < 1.29 is 8.98 Å². The summed E-state index contributed by atoms with van der Waals surface area (Å²) in [5.41, 5.74) is 0.724. The van der Waals surface area contributed by atoms with E-state index in [0.29, 0.717) is 13.0 Å². The van der Waals surface area contributed by atoms with Crippen molar-refractivity contribution in [3.63, 3.8) is 0 Å². The third-order valence-electron chi connectivity index (χ3n) is 5.07. The van der Waals surface area contributed by atoms with Gasteiger partial charge in [-0.2, -0.15) is 0 Å². The fourth-order valence-electron chi connectivity index (χ4n) is 2.11. The maximum atomic E-state index is 12.7. The molecule has 0 saturated heterocycles. The van der Waals surface area contributed by atoms with E-state index >= 15 is 0 Å². The molecule has 1 heterocycles. The minimum Gasteiger partial charge on any atom is -0.598 e. The fraction of sp³-hybridized carbons (Fsp3) is 0.737. The fourth-order valence-corrected chi connectivity index (χ4v) is 4.73. The number of nitrogens with zero attached hydrogens (tertiary/aromatic N) is 1. The van der Waals surface area contributed by atoms with Gasteiger partial charge in [0.1, 0.15) is 4.75 Å². The molecule has 0 fully saturated rings. The highest BCUT2D eigenvalue weighted by Gasteiger charge is 2.37. The average molecular weight is 480 g/mol. The summed E-state index contributed by atoms with van der Waals surface area (Å²) >= 11 is 2.30. The molecule has 27 heavy (non-hydrogen) atoms. The van der Waals surface area contributed by atoms with Gasteiger partial charge in [-0.25, -0.2) is 0 Å². The average Bonchev–Trinajstić information content (AvgIpc) is 2.47. The summed E-state index contributed by atoms with van der Waals surface area (Å²) in [6.45, 7) is 17.4. The Morgan fingerprint density at radius 2 is 1.85 bits per heavy atom. The van der Waals surface area contributed by atoms with E-state index in [0.717, 1.165) is 10.0 Å². The zero-order valence-corrected chi connectivity index (χ0v) is 21.5. The lowest BCUT2D eigenvalue weighted by molar-refractivity contribution is 0.268. The van der Waals surface area contributed by atoms with Crippen LogP contribution in [0, 0.1) is 0 Å². The molecule has 156 valence electrons. The van der Waals surface area contributed by atoms with Crippen LogP contribution in [0.2, 0.25) is 18.1 Å². The van der Waals surface area contributed by atoms with Crippen LogP contribution in [0.4, 0.5) is 0 Å². The molecule has 1 aromatic rings. The van der Waals surface area contributed by atoms with Crippen molar-refractivity contribution in [2.45, 2.75) is 76.9 Å². The Bertz CT molecular complexity index is 696. The smallest absolute Gasteiger partial charge is 0.250 e. The minimum atomic E-state index is -1.86. The number of nitrogens with one attached hydrogen (secondary N) is 1. The highest BCUT2D eigenvalue weighted by molar-refractivity contribution is 9.10. The molecule has 1 aromatic heterocycles. The van der Waals surface area contributed by atoms with Crippen LogP contribution in [0.1, 0.15) is 59.6 Å². The Morgan fingerprint density at radius 1 is 1.30 bits per heavy atom. The number of halogens is 1. The van der Waals surface area contributed by atoms with E-state index in [1.165, 1.54) is 4.57 Å². The Kier molecular flexibility index (Phi) is 8.43. The van der Waals surface area contributed by atoms with Crippen molar-refractivity contribution in [3.05, 3.63) is 32.7 Å². The highest BCUT2D eigenvalue weighted by Crippen LogP contribution is 2.37. The zero-order chi connectivity index (χ0) is 21.2. The van der Waals surface area contributed by atoms with Crippen LogP contribution < -0.4 is 10.3 Å². The summed E-state index contributed by atoms with van der Waals surface area (Å²) in [7, 11) is -0.148. The number of aryl methyl sites for hydroxylation is 1. The quantitative estimate of drug-likeness (QED) is 0.457. The lowest BCUT2D eigenvalue weighted by Crippen LogP contribution is -2.43. The normalized spacial score (nSPS) is 15.7. The number of aromatic nitrogens is 1. The first-order chi connectivity index (χ1) is 12.1. The van der Waals surface area contributed by atoms with Gasteiger partial charge < -0.3 is 13.5 Å². The molecule has 8 heteroatoms. The van der Waals surface area contributed by atoms with Crippen molar-refractivity contribution in [2.24, 2.45) is 7.05 Å². The van der Waals surface area contributed by atoms with Crippen molar-refractivity contribution in [1.82, 2.24) is 9.29 Å². The van der Waals surface area contributed by atoms with Crippen LogP contribution in [0.25, 0.3) is 0 Å². The van der Waals surface area contributed by atoms with Crippen LogP contribution in [0.3, 0.4) is 0 Å². The summed E-state index contributed by atoms with van der Waals surface area (Å²) < 4.78 is 24.2. The Balaban J connectivity index is 3.06. The highest BCUT2D eigenvalue weighted by atomic mass is 79.9. The molecular weight excluding hydrogens is 444 g/mol.